The van der Waals surface area contributed by atoms with Crippen LogP contribution in [-0.4, -0.2) is 18.8 Å². The smallest absolute Gasteiger partial charge is 0.255 e. The van der Waals surface area contributed by atoms with Crippen molar-refractivity contribution in [2.45, 2.75) is 18.4 Å². The number of thioether (sulfide) groups is 1. The highest BCUT2D eigenvalue weighted by Crippen LogP contribution is 2.27. The summed E-state index contributed by atoms with van der Waals surface area (Å²) in [5, 5.41) is 3.63. The zero-order chi connectivity index (χ0) is 20.6. The van der Waals surface area contributed by atoms with Gasteiger partial charge in [0, 0.05) is 21.0 Å². The van der Waals surface area contributed by atoms with Crippen molar-refractivity contribution in [3.63, 3.8) is 0 Å². The first kappa shape index (κ1) is 21.1. The van der Waals surface area contributed by atoms with Gasteiger partial charge in [0.05, 0.1) is 12.3 Å². The van der Waals surface area contributed by atoms with Crippen molar-refractivity contribution in [3.05, 3.63) is 82.9 Å². The molecular formula is C23H22ClNO3S. The van der Waals surface area contributed by atoms with Crippen molar-refractivity contribution in [3.8, 4) is 11.5 Å². The molecule has 0 aliphatic heterocycles. The first-order valence-corrected chi connectivity index (χ1v) is 10.8. The van der Waals surface area contributed by atoms with Crippen LogP contribution in [0.1, 0.15) is 22.8 Å². The summed E-state index contributed by atoms with van der Waals surface area (Å²) in [5.74, 6) is 1.21. The van der Waals surface area contributed by atoms with E-state index in [1.807, 2.05) is 37.4 Å². The molecule has 0 saturated carbocycles. The summed E-state index contributed by atoms with van der Waals surface area (Å²) in [4.78, 5) is 13.8. The highest BCUT2D eigenvalue weighted by atomic mass is 35.5. The van der Waals surface area contributed by atoms with Gasteiger partial charge in [0.1, 0.15) is 18.1 Å². The van der Waals surface area contributed by atoms with Crippen LogP contribution in [0.3, 0.4) is 0 Å². The van der Waals surface area contributed by atoms with Crippen LogP contribution in [0.25, 0.3) is 0 Å². The third kappa shape index (κ3) is 5.68. The molecule has 4 nitrogen and oxygen atoms in total. The Morgan fingerprint density at radius 2 is 1.79 bits per heavy atom. The van der Waals surface area contributed by atoms with Gasteiger partial charge in [-0.15, -0.1) is 11.8 Å². The number of benzene rings is 3. The van der Waals surface area contributed by atoms with E-state index >= 15 is 0 Å². The van der Waals surface area contributed by atoms with Gasteiger partial charge in [0.2, 0.25) is 0 Å². The van der Waals surface area contributed by atoms with E-state index in [9.17, 15) is 4.79 Å². The number of ether oxygens (including phenoxy) is 2. The number of nitrogens with one attached hydrogen (secondary N) is 1. The van der Waals surface area contributed by atoms with Gasteiger partial charge in [-0.1, -0.05) is 23.7 Å². The molecular weight excluding hydrogens is 406 g/mol. The third-order valence-electron chi connectivity index (χ3n) is 4.19. The van der Waals surface area contributed by atoms with E-state index in [-0.39, 0.29) is 12.5 Å². The topological polar surface area (TPSA) is 47.6 Å². The van der Waals surface area contributed by atoms with Gasteiger partial charge in [0.15, 0.2) is 0 Å². The minimum Gasteiger partial charge on any atom is -0.493 e. The minimum absolute atomic E-state index is 0.178. The Kier molecular flexibility index (Phi) is 7.44. The molecule has 3 aromatic carbocycles. The fourth-order valence-corrected chi connectivity index (χ4v) is 3.44. The van der Waals surface area contributed by atoms with Crippen molar-refractivity contribution < 1.29 is 14.3 Å². The third-order valence-corrected chi connectivity index (χ3v) is 5.23. The average molecular weight is 428 g/mol. The van der Waals surface area contributed by atoms with Gasteiger partial charge >= 0.3 is 0 Å². The lowest BCUT2D eigenvalue weighted by Crippen LogP contribution is -2.13. The van der Waals surface area contributed by atoms with Crippen LogP contribution in [0.2, 0.25) is 5.02 Å². The van der Waals surface area contributed by atoms with Gasteiger partial charge in [-0.05, 0) is 67.8 Å². The summed E-state index contributed by atoms with van der Waals surface area (Å²) < 4.78 is 11.5. The second-order valence-corrected chi connectivity index (χ2v) is 7.44. The number of carbonyl (C=O) groups is 1. The highest BCUT2D eigenvalue weighted by molar-refractivity contribution is 7.98. The van der Waals surface area contributed by atoms with Gasteiger partial charge < -0.3 is 14.8 Å². The lowest BCUT2D eigenvalue weighted by molar-refractivity contribution is 0.102. The molecule has 0 radical (unpaired) electrons. The van der Waals surface area contributed by atoms with Gasteiger partial charge in [-0.3, -0.25) is 4.79 Å². The van der Waals surface area contributed by atoms with E-state index in [2.05, 4.69) is 5.32 Å². The number of para-hydroxylation sites is 1. The molecule has 0 saturated heterocycles. The number of amides is 1. The molecule has 0 heterocycles. The maximum Gasteiger partial charge on any atom is 0.255 e. The van der Waals surface area contributed by atoms with Crippen LogP contribution in [-0.2, 0) is 6.61 Å². The van der Waals surface area contributed by atoms with Gasteiger partial charge in [-0.25, -0.2) is 0 Å². The normalized spacial score (nSPS) is 10.4. The lowest BCUT2D eigenvalue weighted by atomic mass is 10.1. The zero-order valence-electron chi connectivity index (χ0n) is 16.3. The molecule has 0 bridgehead atoms. The predicted octanol–water partition coefficient (Wildman–Crippen LogP) is 6.29. The first-order chi connectivity index (χ1) is 14.1. The average Bonchev–Trinajstić information content (AvgIpc) is 2.74. The largest absolute Gasteiger partial charge is 0.493 e. The zero-order valence-corrected chi connectivity index (χ0v) is 17.8. The van der Waals surface area contributed by atoms with Gasteiger partial charge in [-0.2, -0.15) is 0 Å². The Bertz CT molecular complexity index is 976. The Labute approximate surface area is 180 Å². The number of carbonyl (C=O) groups excluding carboxylic acids is 1. The van der Waals surface area contributed by atoms with Crippen molar-refractivity contribution in [2.24, 2.45) is 0 Å². The molecule has 0 fully saturated rings. The molecule has 1 amide bonds. The highest BCUT2D eigenvalue weighted by Gasteiger charge is 2.13. The van der Waals surface area contributed by atoms with E-state index in [0.29, 0.717) is 28.7 Å². The number of halogens is 1. The minimum atomic E-state index is -0.178. The molecule has 150 valence electrons. The van der Waals surface area contributed by atoms with E-state index in [4.69, 9.17) is 21.1 Å². The van der Waals surface area contributed by atoms with Crippen LogP contribution >= 0.6 is 23.4 Å². The van der Waals surface area contributed by atoms with E-state index in [1.165, 1.54) is 0 Å². The molecule has 0 unspecified atom stereocenters. The SMILES string of the molecule is CCOc1ccc(C(=O)Nc2ccccc2SC)cc1COc1ccc(Cl)cc1. The molecule has 3 aromatic rings. The molecule has 0 aliphatic rings. The summed E-state index contributed by atoms with van der Waals surface area (Å²) in [6, 6.07) is 20.2. The molecule has 6 heteroatoms. The van der Waals surface area contributed by atoms with Crippen LogP contribution < -0.4 is 14.8 Å². The summed E-state index contributed by atoms with van der Waals surface area (Å²) in [6.07, 6.45) is 1.98. The monoisotopic (exact) mass is 427 g/mol. The quantitative estimate of drug-likeness (QED) is 0.429. The number of hydrogen-bond donors (Lipinski definition) is 1. The van der Waals surface area contributed by atoms with Crippen molar-refractivity contribution >= 4 is 35.0 Å². The number of rotatable bonds is 8. The van der Waals surface area contributed by atoms with E-state index in [1.54, 1.807) is 54.2 Å². The Morgan fingerprint density at radius 3 is 2.52 bits per heavy atom. The summed E-state index contributed by atoms with van der Waals surface area (Å²) in [7, 11) is 0. The Hall–Kier alpha value is -2.63. The van der Waals surface area contributed by atoms with Crippen LogP contribution in [0.15, 0.2) is 71.6 Å². The van der Waals surface area contributed by atoms with Crippen LogP contribution in [0.4, 0.5) is 5.69 Å². The number of hydrogen-bond acceptors (Lipinski definition) is 4. The fourth-order valence-electron chi connectivity index (χ4n) is 2.76. The molecule has 3 rings (SSSR count). The van der Waals surface area contributed by atoms with E-state index in [0.717, 1.165) is 16.1 Å². The maximum atomic E-state index is 12.8. The maximum absolute atomic E-state index is 12.8. The summed E-state index contributed by atoms with van der Waals surface area (Å²) >= 11 is 7.50. The molecule has 0 aromatic heterocycles. The molecule has 0 spiro atoms. The van der Waals surface area contributed by atoms with Crippen molar-refractivity contribution in [1.82, 2.24) is 0 Å². The molecule has 0 aliphatic carbocycles. The fraction of sp³-hybridized carbons (Fsp3) is 0.174. The molecule has 1 N–H and O–H groups in total. The predicted molar refractivity (Wildman–Crippen MR) is 120 cm³/mol. The number of anilines is 1. The molecule has 29 heavy (non-hydrogen) atoms. The summed E-state index contributed by atoms with van der Waals surface area (Å²) in [5.41, 5.74) is 2.13. The Balaban J connectivity index is 1.79. The summed E-state index contributed by atoms with van der Waals surface area (Å²) in [6.45, 7) is 2.73. The Morgan fingerprint density at radius 1 is 1.03 bits per heavy atom. The van der Waals surface area contributed by atoms with Crippen LogP contribution in [0, 0.1) is 0 Å². The first-order valence-electron chi connectivity index (χ1n) is 9.19. The second kappa shape index (κ2) is 10.2. The van der Waals surface area contributed by atoms with Crippen molar-refractivity contribution in [2.75, 3.05) is 18.2 Å². The second-order valence-electron chi connectivity index (χ2n) is 6.15. The molecule has 0 atom stereocenters. The van der Waals surface area contributed by atoms with Crippen molar-refractivity contribution in [1.29, 1.82) is 0 Å². The van der Waals surface area contributed by atoms with E-state index < -0.39 is 0 Å². The standard InChI is InChI=1S/C23H22ClNO3S/c1-3-27-21-13-8-16(23(26)25-20-6-4-5-7-22(20)29-2)14-17(21)15-28-19-11-9-18(24)10-12-19/h4-14H,3,15H2,1-2H3,(H,25,26). The lowest BCUT2D eigenvalue weighted by Gasteiger charge is -2.14. The van der Waals surface area contributed by atoms with Gasteiger partial charge in [0.25, 0.3) is 5.91 Å². The van der Waals surface area contributed by atoms with Crippen LogP contribution in [0.5, 0.6) is 11.5 Å².